The van der Waals surface area contributed by atoms with Gasteiger partial charge in [0.15, 0.2) is 5.82 Å². The van der Waals surface area contributed by atoms with Gasteiger partial charge in [0.2, 0.25) is 0 Å². The van der Waals surface area contributed by atoms with Gasteiger partial charge in [-0.1, -0.05) is 6.92 Å². The smallest absolute Gasteiger partial charge is 0.325 e. The van der Waals surface area contributed by atoms with Gasteiger partial charge in [-0.15, -0.1) is 5.10 Å². The minimum Gasteiger partial charge on any atom is -0.466 e. The first kappa shape index (κ1) is 16.2. The number of nitrogens with one attached hydrogen (secondary N) is 1. The van der Waals surface area contributed by atoms with Crippen LogP contribution in [0.1, 0.15) is 43.2 Å². The predicted octanol–water partition coefficient (Wildman–Crippen LogP) is 1.26. The first-order chi connectivity index (χ1) is 11.4. The van der Waals surface area contributed by atoms with E-state index < -0.39 is 11.6 Å². The van der Waals surface area contributed by atoms with Crippen LogP contribution >= 0.6 is 0 Å². The largest absolute Gasteiger partial charge is 0.466 e. The molecule has 3 heterocycles. The number of rotatable bonds is 5. The van der Waals surface area contributed by atoms with Gasteiger partial charge in [0.25, 0.3) is 5.91 Å². The second-order valence-electron chi connectivity index (χ2n) is 6.09. The van der Waals surface area contributed by atoms with Crippen molar-refractivity contribution in [2.24, 2.45) is 0 Å². The maximum Gasteiger partial charge on any atom is 0.325 e. The molecule has 0 bridgehead atoms. The van der Waals surface area contributed by atoms with Crippen LogP contribution in [0, 0.1) is 13.8 Å². The van der Waals surface area contributed by atoms with Crippen LogP contribution in [0.25, 0.3) is 0 Å². The van der Waals surface area contributed by atoms with E-state index in [-0.39, 0.29) is 12.5 Å². The van der Waals surface area contributed by atoms with Crippen molar-refractivity contribution in [1.82, 2.24) is 30.4 Å². The Labute approximate surface area is 139 Å². The first-order valence-corrected chi connectivity index (χ1v) is 7.83. The predicted molar refractivity (Wildman–Crippen MR) is 82.7 cm³/mol. The number of carbonyl (C=O) groups excluding carboxylic acids is 2. The van der Waals surface area contributed by atoms with E-state index >= 15 is 0 Å². The summed E-state index contributed by atoms with van der Waals surface area (Å²) >= 11 is 0. The molecule has 3 amide bonds. The van der Waals surface area contributed by atoms with Gasteiger partial charge in [-0.3, -0.25) is 9.69 Å². The molecule has 0 aromatic carbocycles. The maximum absolute atomic E-state index is 12.9. The van der Waals surface area contributed by atoms with E-state index in [2.05, 4.69) is 20.8 Å². The van der Waals surface area contributed by atoms with Crippen LogP contribution in [-0.4, -0.2) is 37.0 Å². The zero-order chi connectivity index (χ0) is 17.5. The van der Waals surface area contributed by atoms with E-state index in [9.17, 15) is 9.59 Å². The van der Waals surface area contributed by atoms with Crippen LogP contribution in [0.2, 0.25) is 0 Å². The van der Waals surface area contributed by atoms with Gasteiger partial charge in [-0.25, -0.2) is 9.48 Å². The molecule has 1 atom stereocenters. The fourth-order valence-corrected chi connectivity index (χ4v) is 3.01. The highest BCUT2D eigenvalue weighted by Gasteiger charge is 2.50. The van der Waals surface area contributed by atoms with E-state index in [0.717, 1.165) is 11.3 Å². The van der Waals surface area contributed by atoms with E-state index in [1.807, 2.05) is 6.92 Å². The highest BCUT2D eigenvalue weighted by molar-refractivity contribution is 6.07. The highest BCUT2D eigenvalue weighted by Crippen LogP contribution is 2.33. The summed E-state index contributed by atoms with van der Waals surface area (Å²) in [5.41, 5.74) is -0.490. The summed E-state index contributed by atoms with van der Waals surface area (Å²) in [6, 6.07) is 1.31. The summed E-state index contributed by atoms with van der Waals surface area (Å²) in [5.74, 6) is 1.43. The minimum absolute atomic E-state index is 0.0309. The summed E-state index contributed by atoms with van der Waals surface area (Å²) in [6.07, 6.45) is 0.851. The minimum atomic E-state index is -1.15. The van der Waals surface area contributed by atoms with Crippen LogP contribution < -0.4 is 5.32 Å². The topological polar surface area (TPSA) is 106 Å². The number of hydrogen-bond acceptors (Lipinski definition) is 6. The van der Waals surface area contributed by atoms with Crippen molar-refractivity contribution in [1.29, 1.82) is 0 Å². The number of aryl methyl sites for hydroxylation is 3. The van der Waals surface area contributed by atoms with E-state index in [4.69, 9.17) is 4.42 Å². The van der Waals surface area contributed by atoms with Crippen molar-refractivity contribution in [3.05, 3.63) is 29.0 Å². The number of furan rings is 1. The molecule has 3 rings (SSSR count). The number of tetrazole rings is 1. The number of hydrogen-bond donors (Lipinski definition) is 1. The van der Waals surface area contributed by atoms with Gasteiger partial charge in [-0.05, 0) is 43.7 Å². The standard InChI is InChI=1S/C15H20N6O3/c1-5-6-21-12(17-18-19-21)8-20-13(22)15(4,16-14(20)23)11-7-9(2)24-10(11)3/h7H,5-6,8H2,1-4H3,(H,16,23). The Hall–Kier alpha value is -2.71. The number of nitrogens with zero attached hydrogens (tertiary/aromatic N) is 5. The Morgan fingerprint density at radius 2 is 2.08 bits per heavy atom. The molecule has 1 aliphatic rings. The van der Waals surface area contributed by atoms with Gasteiger partial charge in [0, 0.05) is 12.1 Å². The molecule has 24 heavy (non-hydrogen) atoms. The molecular formula is C15H20N6O3. The zero-order valence-corrected chi connectivity index (χ0v) is 14.2. The molecule has 1 unspecified atom stereocenters. The number of carbonyl (C=O) groups is 2. The SMILES string of the molecule is CCCn1nnnc1CN1C(=O)NC(C)(c2cc(C)oc2C)C1=O. The normalized spacial score (nSPS) is 20.8. The molecule has 0 aliphatic carbocycles. The lowest BCUT2D eigenvalue weighted by molar-refractivity contribution is -0.131. The third kappa shape index (κ3) is 2.45. The lowest BCUT2D eigenvalue weighted by Crippen LogP contribution is -2.41. The van der Waals surface area contributed by atoms with Crippen LogP contribution in [0.4, 0.5) is 4.79 Å². The Balaban J connectivity index is 1.89. The molecule has 2 aromatic rings. The van der Waals surface area contributed by atoms with Gasteiger partial charge < -0.3 is 9.73 Å². The van der Waals surface area contributed by atoms with Crippen molar-refractivity contribution in [3.63, 3.8) is 0 Å². The van der Waals surface area contributed by atoms with Crippen LogP contribution in [-0.2, 0) is 23.4 Å². The Kier molecular flexibility index (Phi) is 3.86. The lowest BCUT2D eigenvalue weighted by atomic mass is 9.92. The fraction of sp³-hybridized carbons (Fsp3) is 0.533. The third-order valence-corrected chi connectivity index (χ3v) is 4.20. The van der Waals surface area contributed by atoms with Crippen molar-refractivity contribution < 1.29 is 14.0 Å². The highest BCUT2D eigenvalue weighted by atomic mass is 16.3. The maximum atomic E-state index is 12.9. The molecule has 1 aliphatic heterocycles. The molecule has 1 saturated heterocycles. The number of amides is 3. The molecule has 0 saturated carbocycles. The van der Waals surface area contributed by atoms with Crippen molar-refractivity contribution in [2.45, 2.75) is 52.7 Å². The number of imide groups is 1. The van der Waals surface area contributed by atoms with Crippen LogP contribution in [0.5, 0.6) is 0 Å². The molecule has 1 fully saturated rings. The summed E-state index contributed by atoms with van der Waals surface area (Å²) in [4.78, 5) is 26.4. The molecule has 9 nitrogen and oxygen atoms in total. The molecule has 0 radical (unpaired) electrons. The third-order valence-electron chi connectivity index (χ3n) is 4.20. The second kappa shape index (κ2) is 5.73. The first-order valence-electron chi connectivity index (χ1n) is 7.83. The van der Waals surface area contributed by atoms with Gasteiger partial charge >= 0.3 is 6.03 Å². The summed E-state index contributed by atoms with van der Waals surface area (Å²) in [5, 5.41) is 14.2. The Morgan fingerprint density at radius 1 is 1.33 bits per heavy atom. The zero-order valence-electron chi connectivity index (χ0n) is 14.2. The van der Waals surface area contributed by atoms with Crippen molar-refractivity contribution in [3.8, 4) is 0 Å². The molecule has 2 aromatic heterocycles. The monoisotopic (exact) mass is 332 g/mol. The van der Waals surface area contributed by atoms with Crippen molar-refractivity contribution >= 4 is 11.9 Å². The lowest BCUT2D eigenvalue weighted by Gasteiger charge is -2.21. The molecule has 1 N–H and O–H groups in total. The second-order valence-corrected chi connectivity index (χ2v) is 6.09. The van der Waals surface area contributed by atoms with Crippen molar-refractivity contribution in [2.75, 3.05) is 0 Å². The van der Waals surface area contributed by atoms with E-state index in [1.54, 1.807) is 31.5 Å². The van der Waals surface area contributed by atoms with Gasteiger partial charge in [-0.2, -0.15) is 0 Å². The van der Waals surface area contributed by atoms with E-state index in [0.29, 0.717) is 29.5 Å². The Bertz CT molecular complexity index is 795. The van der Waals surface area contributed by atoms with Gasteiger partial charge in [0.1, 0.15) is 17.1 Å². The quantitative estimate of drug-likeness (QED) is 0.826. The summed E-state index contributed by atoms with van der Waals surface area (Å²) < 4.78 is 7.11. The number of aromatic nitrogens is 4. The number of urea groups is 1. The van der Waals surface area contributed by atoms with E-state index in [1.165, 1.54) is 0 Å². The molecule has 9 heteroatoms. The van der Waals surface area contributed by atoms with Gasteiger partial charge in [0.05, 0.1) is 6.54 Å². The average molecular weight is 332 g/mol. The van der Waals surface area contributed by atoms with Crippen LogP contribution in [0.15, 0.2) is 10.5 Å². The molecule has 128 valence electrons. The molecular weight excluding hydrogens is 312 g/mol. The molecule has 0 spiro atoms. The fourth-order valence-electron chi connectivity index (χ4n) is 3.01. The Morgan fingerprint density at radius 3 is 2.71 bits per heavy atom. The average Bonchev–Trinajstić information content (AvgIpc) is 3.15. The summed E-state index contributed by atoms with van der Waals surface area (Å²) in [7, 11) is 0. The van der Waals surface area contributed by atoms with Crippen LogP contribution in [0.3, 0.4) is 0 Å². The summed E-state index contributed by atoms with van der Waals surface area (Å²) in [6.45, 7) is 7.92.